The predicted octanol–water partition coefficient (Wildman–Crippen LogP) is 4.93. The molecule has 2 aliphatic rings. The second-order valence-corrected chi connectivity index (χ2v) is 10.6. The van der Waals surface area contributed by atoms with Crippen LogP contribution in [0.15, 0.2) is 61.1 Å². The second-order valence-electron chi connectivity index (χ2n) is 10.2. The summed E-state index contributed by atoms with van der Waals surface area (Å²) >= 11 is 6.47. The van der Waals surface area contributed by atoms with Crippen molar-refractivity contribution < 1.29 is 32.3 Å². The number of ether oxygens (including phenoxy) is 1. The van der Waals surface area contributed by atoms with Crippen molar-refractivity contribution in [2.75, 3.05) is 16.4 Å². The van der Waals surface area contributed by atoms with Crippen molar-refractivity contribution in [1.29, 1.82) is 5.26 Å². The van der Waals surface area contributed by atoms with Crippen molar-refractivity contribution in [1.82, 2.24) is 15.3 Å². The van der Waals surface area contributed by atoms with Gasteiger partial charge in [-0.1, -0.05) is 29.8 Å². The summed E-state index contributed by atoms with van der Waals surface area (Å²) in [6, 6.07) is 8.77. The number of carbonyl (C=O) groups is 3. The van der Waals surface area contributed by atoms with E-state index in [1.54, 1.807) is 12.1 Å². The number of alkyl halides is 2. The van der Waals surface area contributed by atoms with Crippen molar-refractivity contribution >= 4 is 41.0 Å². The molecule has 1 aromatic carbocycles. The van der Waals surface area contributed by atoms with Gasteiger partial charge in [0, 0.05) is 54.6 Å². The van der Waals surface area contributed by atoms with Crippen molar-refractivity contribution in [3.8, 4) is 6.07 Å². The number of halogens is 4. The number of cyclic esters (lactones) is 1. The fourth-order valence-corrected chi connectivity index (χ4v) is 5.37. The Morgan fingerprint density at radius 3 is 2.70 bits per heavy atom. The van der Waals surface area contributed by atoms with Crippen LogP contribution >= 0.6 is 11.6 Å². The van der Waals surface area contributed by atoms with Crippen LogP contribution in [0.3, 0.4) is 0 Å². The van der Waals surface area contributed by atoms with E-state index < -0.39 is 60.6 Å². The third-order valence-corrected chi connectivity index (χ3v) is 7.49. The van der Waals surface area contributed by atoms with Crippen molar-refractivity contribution in [2.45, 2.75) is 49.7 Å². The van der Waals surface area contributed by atoms with Gasteiger partial charge >= 0.3 is 6.09 Å². The van der Waals surface area contributed by atoms with Gasteiger partial charge in [0.1, 0.15) is 17.7 Å². The van der Waals surface area contributed by atoms with Crippen LogP contribution in [0, 0.1) is 17.1 Å². The third-order valence-electron chi connectivity index (χ3n) is 7.15. The summed E-state index contributed by atoms with van der Waals surface area (Å²) in [7, 11) is 0. The van der Waals surface area contributed by atoms with Gasteiger partial charge in [-0.2, -0.15) is 5.26 Å². The Hall–Kier alpha value is -4.70. The minimum absolute atomic E-state index is 0.0168. The number of benzene rings is 1. The quantitative estimate of drug-likeness (QED) is 0.382. The Bertz CT molecular complexity index is 1590. The fraction of sp³-hybridized carbons (Fsp3) is 0.310. The summed E-state index contributed by atoms with van der Waals surface area (Å²) in [4.78, 5) is 51.0. The van der Waals surface area contributed by atoms with Crippen LogP contribution in [0.5, 0.6) is 0 Å². The first-order chi connectivity index (χ1) is 20.6. The summed E-state index contributed by atoms with van der Waals surface area (Å²) in [5, 5.41) is 12.0. The molecule has 1 saturated heterocycles. The molecule has 1 aliphatic carbocycles. The molecular weight excluding hydrogens is 589 g/mol. The average molecular weight is 613 g/mol. The zero-order valence-corrected chi connectivity index (χ0v) is 23.2. The predicted molar refractivity (Wildman–Crippen MR) is 148 cm³/mol. The zero-order chi connectivity index (χ0) is 30.7. The van der Waals surface area contributed by atoms with Gasteiger partial charge in [0.15, 0.2) is 0 Å². The maximum absolute atomic E-state index is 14.4. The van der Waals surface area contributed by atoms with E-state index in [9.17, 15) is 32.8 Å². The van der Waals surface area contributed by atoms with Gasteiger partial charge in [0.25, 0.3) is 5.92 Å². The Balaban J connectivity index is 1.54. The maximum Gasteiger partial charge on any atom is 0.415 e. The minimum Gasteiger partial charge on any atom is -0.449 e. The van der Waals surface area contributed by atoms with Gasteiger partial charge in [0.2, 0.25) is 11.8 Å². The molecule has 2 aromatic heterocycles. The Kier molecular flexibility index (Phi) is 8.50. The normalized spacial score (nSPS) is 18.5. The molecule has 2 fully saturated rings. The third kappa shape index (κ3) is 6.54. The van der Waals surface area contributed by atoms with Gasteiger partial charge in [-0.3, -0.25) is 24.4 Å². The molecule has 1 N–H and O–H groups in total. The number of rotatable bonds is 8. The van der Waals surface area contributed by atoms with E-state index in [1.165, 1.54) is 36.7 Å². The van der Waals surface area contributed by atoms with Crippen LogP contribution < -0.4 is 15.1 Å². The van der Waals surface area contributed by atoms with E-state index in [2.05, 4.69) is 15.3 Å². The number of carbonyl (C=O) groups excluding carboxylic acids is 3. The molecule has 10 nitrogen and oxygen atoms in total. The van der Waals surface area contributed by atoms with Crippen LogP contribution in [0.2, 0.25) is 5.02 Å². The van der Waals surface area contributed by atoms with Crippen LogP contribution in [-0.4, -0.2) is 52.5 Å². The number of aromatic nitrogens is 2. The summed E-state index contributed by atoms with van der Waals surface area (Å²) in [5.74, 6) is -5.18. The summed E-state index contributed by atoms with van der Waals surface area (Å²) in [5.41, 5.74) is 0.283. The number of amides is 3. The lowest BCUT2D eigenvalue weighted by molar-refractivity contribution is -0.132. The molecule has 1 saturated carbocycles. The van der Waals surface area contributed by atoms with E-state index in [-0.39, 0.29) is 47.1 Å². The summed E-state index contributed by atoms with van der Waals surface area (Å²) in [6.45, 7) is -0.0168. The molecule has 5 rings (SSSR count). The van der Waals surface area contributed by atoms with Gasteiger partial charge in [-0.15, -0.1) is 0 Å². The van der Waals surface area contributed by atoms with E-state index >= 15 is 0 Å². The van der Waals surface area contributed by atoms with Crippen LogP contribution in [0.25, 0.3) is 0 Å². The van der Waals surface area contributed by atoms with Gasteiger partial charge in [-0.05, 0) is 18.2 Å². The minimum atomic E-state index is -2.92. The van der Waals surface area contributed by atoms with Gasteiger partial charge < -0.3 is 10.1 Å². The largest absolute Gasteiger partial charge is 0.449 e. The molecule has 0 bridgehead atoms. The fourth-order valence-electron chi connectivity index (χ4n) is 5.13. The molecule has 3 amide bonds. The SMILES string of the molecule is N#Cc1ccnc(N2C(=O)OCC[C@H]2CC(=O)N(c2cncc(F)c2)[C@H](C(=O)NC2CC(F)(F)C2)c2ccccc2Cl)c1. The molecule has 0 radical (unpaired) electrons. The second kappa shape index (κ2) is 12.3. The van der Waals surface area contributed by atoms with E-state index in [4.69, 9.17) is 16.3 Å². The lowest BCUT2D eigenvalue weighted by atomic mass is 9.87. The highest BCUT2D eigenvalue weighted by atomic mass is 35.5. The molecule has 2 atom stereocenters. The highest BCUT2D eigenvalue weighted by Gasteiger charge is 2.47. The van der Waals surface area contributed by atoms with Crippen LogP contribution in [0.4, 0.5) is 29.5 Å². The maximum atomic E-state index is 14.4. The highest BCUT2D eigenvalue weighted by Crippen LogP contribution is 2.39. The molecule has 1 aliphatic heterocycles. The molecular formula is C29H24ClF3N6O4. The topological polar surface area (TPSA) is 129 Å². The average Bonchev–Trinajstić information content (AvgIpc) is 2.95. The van der Waals surface area contributed by atoms with Crippen molar-refractivity contribution in [3.63, 3.8) is 0 Å². The van der Waals surface area contributed by atoms with E-state index in [1.807, 2.05) is 6.07 Å². The molecule has 0 spiro atoms. The first-order valence-corrected chi connectivity index (χ1v) is 13.6. The molecule has 14 heteroatoms. The number of nitrogens with zero attached hydrogens (tertiary/aromatic N) is 5. The van der Waals surface area contributed by atoms with Crippen LogP contribution in [-0.2, 0) is 14.3 Å². The molecule has 43 heavy (non-hydrogen) atoms. The number of nitriles is 1. The zero-order valence-electron chi connectivity index (χ0n) is 22.4. The lowest BCUT2D eigenvalue weighted by Gasteiger charge is -2.39. The van der Waals surface area contributed by atoms with Crippen molar-refractivity contribution in [3.05, 3.63) is 83.0 Å². The van der Waals surface area contributed by atoms with Crippen molar-refractivity contribution in [2.24, 2.45) is 0 Å². The standard InChI is InChI=1S/C29H24ClF3N6O4/c30-23-4-2-1-3-22(23)26(27(41)37-19-12-29(32,33)13-19)39(21-10-18(31)15-35-16-21)25(40)11-20-6-8-43-28(42)38(20)24-9-17(14-34)5-7-36-24/h1-5,7,9-10,15-16,19-20,26H,6,8,11-13H2,(H,37,41)/t20-,26-/m0/s1. The summed E-state index contributed by atoms with van der Waals surface area (Å²) in [6.07, 6.45) is 1.29. The van der Waals surface area contributed by atoms with E-state index in [0.717, 1.165) is 22.1 Å². The number of hydrogen-bond acceptors (Lipinski definition) is 7. The van der Waals surface area contributed by atoms with Crippen LogP contribution in [0.1, 0.15) is 42.9 Å². The van der Waals surface area contributed by atoms with Gasteiger partial charge in [-0.25, -0.2) is 22.9 Å². The molecule has 222 valence electrons. The highest BCUT2D eigenvalue weighted by molar-refractivity contribution is 6.31. The van der Waals surface area contributed by atoms with E-state index in [0.29, 0.717) is 0 Å². The first kappa shape index (κ1) is 29.8. The summed E-state index contributed by atoms with van der Waals surface area (Å²) < 4.78 is 46.8. The first-order valence-electron chi connectivity index (χ1n) is 13.2. The smallest absolute Gasteiger partial charge is 0.415 e. The Morgan fingerprint density at radius 2 is 2.00 bits per heavy atom. The number of nitrogens with one attached hydrogen (secondary N) is 1. The number of hydrogen-bond donors (Lipinski definition) is 1. The molecule has 3 heterocycles. The molecule has 3 aromatic rings. The Labute approximate surface area is 249 Å². The Morgan fingerprint density at radius 1 is 1.23 bits per heavy atom. The number of anilines is 2. The monoisotopic (exact) mass is 612 g/mol. The lowest BCUT2D eigenvalue weighted by Crippen LogP contribution is -2.55. The molecule has 0 unspecified atom stereocenters. The van der Waals surface area contributed by atoms with Gasteiger partial charge in [0.05, 0.1) is 42.4 Å². The number of pyridine rings is 2.